The van der Waals surface area contributed by atoms with Gasteiger partial charge in [-0.3, -0.25) is 4.57 Å². The summed E-state index contributed by atoms with van der Waals surface area (Å²) in [6, 6.07) is 3.23. The van der Waals surface area contributed by atoms with E-state index in [0.717, 1.165) is 0 Å². The lowest BCUT2D eigenvalue weighted by Gasteiger charge is -2.44. The molecule has 1 N–H and O–H groups in total. The van der Waals surface area contributed by atoms with Crippen LogP contribution in [-0.2, 0) is 4.74 Å². The summed E-state index contributed by atoms with van der Waals surface area (Å²) in [5, 5.41) is 11.8. The molecule has 3 aromatic heterocycles. The van der Waals surface area contributed by atoms with E-state index in [2.05, 4.69) is 19.9 Å². The summed E-state index contributed by atoms with van der Waals surface area (Å²) < 4.78 is 7.26. The summed E-state index contributed by atoms with van der Waals surface area (Å²) in [6.07, 6.45) is 4.30. The van der Waals surface area contributed by atoms with Gasteiger partial charge in [0.15, 0.2) is 5.65 Å². The number of aromatic nitrogens is 4. The predicted octanol–water partition coefficient (Wildman–Crippen LogP) is 4.01. The fourth-order valence-corrected chi connectivity index (χ4v) is 4.10. The highest BCUT2D eigenvalue weighted by molar-refractivity contribution is 6.30. The van der Waals surface area contributed by atoms with E-state index in [1.807, 2.05) is 34.6 Å². The maximum Gasteiger partial charge on any atom is 0.410 e. The van der Waals surface area contributed by atoms with E-state index in [0.29, 0.717) is 40.8 Å². The Hall–Kier alpha value is -3.07. The monoisotopic (exact) mass is 458 g/mol. The van der Waals surface area contributed by atoms with Crippen molar-refractivity contribution in [2.75, 3.05) is 18.0 Å². The summed E-state index contributed by atoms with van der Waals surface area (Å²) in [4.78, 5) is 29.7. The molecule has 4 heterocycles. The van der Waals surface area contributed by atoms with Crippen molar-refractivity contribution < 1.29 is 14.6 Å². The molecule has 0 radical (unpaired) electrons. The Bertz CT molecular complexity index is 1160. The lowest BCUT2D eigenvalue weighted by molar-refractivity contribution is 0.0130. The number of rotatable bonds is 2. The van der Waals surface area contributed by atoms with Gasteiger partial charge in [-0.1, -0.05) is 11.6 Å². The number of hydrogen-bond acceptors (Lipinski definition) is 7. The van der Waals surface area contributed by atoms with Gasteiger partial charge in [0.05, 0.1) is 6.20 Å². The number of ether oxygens (including phenoxy) is 1. The molecule has 2 atom stereocenters. The zero-order valence-corrected chi connectivity index (χ0v) is 19.5. The van der Waals surface area contributed by atoms with E-state index in [1.54, 1.807) is 34.0 Å². The van der Waals surface area contributed by atoms with Crippen LogP contribution in [-0.4, -0.2) is 66.4 Å². The Morgan fingerprint density at radius 2 is 1.94 bits per heavy atom. The van der Waals surface area contributed by atoms with Crippen LogP contribution in [0.4, 0.5) is 10.6 Å². The van der Waals surface area contributed by atoms with Crippen LogP contribution in [0.1, 0.15) is 34.6 Å². The first-order valence-electron chi connectivity index (χ1n) is 10.5. The highest BCUT2D eigenvalue weighted by Gasteiger charge is 2.36. The zero-order valence-electron chi connectivity index (χ0n) is 18.8. The van der Waals surface area contributed by atoms with Crippen LogP contribution < -0.4 is 4.90 Å². The summed E-state index contributed by atoms with van der Waals surface area (Å²) in [7, 11) is 0. The van der Waals surface area contributed by atoms with Crippen molar-refractivity contribution in [3.05, 3.63) is 35.9 Å². The van der Waals surface area contributed by atoms with Crippen LogP contribution in [0.25, 0.3) is 16.9 Å². The number of hydrogen-bond donors (Lipinski definition) is 1. The van der Waals surface area contributed by atoms with Gasteiger partial charge in [-0.25, -0.2) is 19.7 Å². The zero-order chi connectivity index (χ0) is 23.2. The number of halogens is 1. The van der Waals surface area contributed by atoms with Crippen molar-refractivity contribution >= 4 is 34.5 Å². The van der Waals surface area contributed by atoms with Crippen molar-refractivity contribution in [3.8, 4) is 11.6 Å². The summed E-state index contributed by atoms with van der Waals surface area (Å²) in [6.45, 7) is 10.6. The number of carbonyl (C=O) groups is 1. The molecule has 170 valence electrons. The summed E-state index contributed by atoms with van der Waals surface area (Å²) >= 11 is 6.12. The molecule has 0 spiro atoms. The third kappa shape index (κ3) is 4.17. The Labute approximate surface area is 191 Å². The number of aromatic hydroxyl groups is 1. The normalized spacial score (nSPS) is 19.4. The molecular formula is C22H27ClN6O3. The average molecular weight is 459 g/mol. The van der Waals surface area contributed by atoms with Crippen LogP contribution in [0, 0.1) is 0 Å². The quantitative estimate of drug-likeness (QED) is 0.619. The van der Waals surface area contributed by atoms with Gasteiger partial charge in [0.1, 0.15) is 34.7 Å². The summed E-state index contributed by atoms with van der Waals surface area (Å²) in [5.41, 5.74) is -0.0318. The maximum absolute atomic E-state index is 12.7. The molecule has 3 aromatic rings. The number of carbonyl (C=O) groups excluding carboxylic acids is 1. The smallest absolute Gasteiger partial charge is 0.410 e. The second kappa shape index (κ2) is 8.12. The number of fused-ring (bicyclic) bond motifs is 1. The molecule has 4 rings (SSSR count). The van der Waals surface area contributed by atoms with E-state index in [-0.39, 0.29) is 23.9 Å². The molecule has 0 saturated carbocycles. The molecule has 1 aliphatic rings. The largest absolute Gasteiger partial charge is 0.505 e. The van der Waals surface area contributed by atoms with Gasteiger partial charge in [-0.15, -0.1) is 0 Å². The van der Waals surface area contributed by atoms with Crippen molar-refractivity contribution in [3.63, 3.8) is 0 Å². The Kier molecular flexibility index (Phi) is 5.62. The Morgan fingerprint density at radius 3 is 2.62 bits per heavy atom. The molecule has 0 aromatic carbocycles. The molecule has 1 fully saturated rings. The van der Waals surface area contributed by atoms with Gasteiger partial charge in [-0.2, -0.15) is 0 Å². The van der Waals surface area contributed by atoms with Gasteiger partial charge < -0.3 is 19.6 Å². The number of piperazine rings is 1. The van der Waals surface area contributed by atoms with Gasteiger partial charge >= 0.3 is 6.09 Å². The first-order valence-corrected chi connectivity index (χ1v) is 10.9. The third-order valence-electron chi connectivity index (χ3n) is 5.38. The van der Waals surface area contributed by atoms with E-state index in [4.69, 9.17) is 16.3 Å². The highest BCUT2D eigenvalue weighted by Crippen LogP contribution is 2.36. The van der Waals surface area contributed by atoms with Crippen LogP contribution in [0.5, 0.6) is 5.75 Å². The van der Waals surface area contributed by atoms with E-state index in [1.165, 1.54) is 6.33 Å². The highest BCUT2D eigenvalue weighted by atomic mass is 35.5. The van der Waals surface area contributed by atoms with Crippen molar-refractivity contribution in [2.24, 2.45) is 0 Å². The molecule has 0 aliphatic carbocycles. The standard InChI is InChI=1S/C22H27ClN6O3/c1-13-10-28(21(31)32-22(3,4)5)14(2)9-27(13)19-18-16(30)11-29(20(18)26-12-25-19)17-8-15(23)6-7-24-17/h6-8,11-14,30H,9-10H2,1-5H3. The second-order valence-corrected chi connectivity index (χ2v) is 9.53. The number of pyridine rings is 1. The minimum Gasteiger partial charge on any atom is -0.505 e. The molecule has 1 aliphatic heterocycles. The van der Waals surface area contributed by atoms with Crippen LogP contribution in [0.2, 0.25) is 5.02 Å². The molecule has 32 heavy (non-hydrogen) atoms. The Balaban J connectivity index is 1.68. The first kappa shape index (κ1) is 22.1. The van der Waals surface area contributed by atoms with Crippen LogP contribution in [0.3, 0.4) is 0 Å². The minimum atomic E-state index is -0.556. The molecular weight excluding hydrogens is 432 g/mol. The molecule has 1 saturated heterocycles. The maximum atomic E-state index is 12.7. The Morgan fingerprint density at radius 1 is 1.19 bits per heavy atom. The van der Waals surface area contributed by atoms with Gasteiger partial charge in [-0.05, 0) is 40.7 Å². The fourth-order valence-electron chi connectivity index (χ4n) is 3.94. The molecule has 10 heteroatoms. The lowest BCUT2D eigenvalue weighted by Crippen LogP contribution is -2.59. The molecule has 9 nitrogen and oxygen atoms in total. The number of nitrogens with zero attached hydrogens (tertiary/aromatic N) is 6. The van der Waals surface area contributed by atoms with Gasteiger partial charge in [0, 0.05) is 42.5 Å². The molecule has 1 amide bonds. The lowest BCUT2D eigenvalue weighted by atomic mass is 10.1. The number of anilines is 1. The van der Waals surface area contributed by atoms with Gasteiger partial charge in [0.2, 0.25) is 0 Å². The van der Waals surface area contributed by atoms with Crippen molar-refractivity contribution in [1.82, 2.24) is 24.4 Å². The molecule has 0 bridgehead atoms. The van der Waals surface area contributed by atoms with E-state index < -0.39 is 5.60 Å². The number of amides is 1. The first-order chi connectivity index (χ1) is 15.0. The topological polar surface area (TPSA) is 96.6 Å². The van der Waals surface area contributed by atoms with E-state index >= 15 is 0 Å². The van der Waals surface area contributed by atoms with Crippen LogP contribution in [0.15, 0.2) is 30.9 Å². The predicted molar refractivity (Wildman–Crippen MR) is 123 cm³/mol. The minimum absolute atomic E-state index is 0.0480. The van der Waals surface area contributed by atoms with Crippen molar-refractivity contribution in [2.45, 2.75) is 52.3 Å². The third-order valence-corrected chi connectivity index (χ3v) is 5.62. The second-order valence-electron chi connectivity index (χ2n) is 9.10. The van der Waals surface area contributed by atoms with Gasteiger partial charge in [0.25, 0.3) is 0 Å². The SMILES string of the molecule is CC1CN(c2ncnc3c2c(O)cn3-c2cc(Cl)ccn2)C(C)CN1C(=O)OC(C)(C)C. The summed E-state index contributed by atoms with van der Waals surface area (Å²) in [5.74, 6) is 1.20. The molecule has 2 unspecified atom stereocenters. The van der Waals surface area contributed by atoms with E-state index in [9.17, 15) is 9.90 Å². The van der Waals surface area contributed by atoms with Crippen molar-refractivity contribution in [1.29, 1.82) is 0 Å². The van der Waals surface area contributed by atoms with Crippen LogP contribution >= 0.6 is 11.6 Å². The fraction of sp³-hybridized carbons (Fsp3) is 0.455. The average Bonchev–Trinajstić information content (AvgIpc) is 3.05.